The fourth-order valence-electron chi connectivity index (χ4n) is 3.02. The van der Waals surface area contributed by atoms with Gasteiger partial charge in [-0.1, -0.05) is 26.3 Å². The topological polar surface area (TPSA) is 20.3 Å². The fraction of sp³-hybridized carbons (Fsp3) is 0.800. The van der Waals surface area contributed by atoms with Crippen LogP contribution in [0.5, 0.6) is 0 Å². The van der Waals surface area contributed by atoms with Gasteiger partial charge in [0.1, 0.15) is 5.88 Å². The first-order valence-electron chi connectivity index (χ1n) is 6.77. The minimum atomic E-state index is 0.0194. The van der Waals surface area contributed by atoms with Crippen LogP contribution < -0.4 is 0 Å². The molecule has 0 N–H and O–H groups in total. The number of carbonyl (C=O) groups excluding carboxylic acids is 1. The minimum absolute atomic E-state index is 0.0194. The van der Waals surface area contributed by atoms with Gasteiger partial charge >= 0.3 is 0 Å². The number of hydrogen-bond donors (Lipinski definition) is 0. The van der Waals surface area contributed by atoms with Crippen LogP contribution >= 0.6 is 11.6 Å². The number of halogens is 1. The standard InChI is InChI=1S/C15H26ClNO/c1-10(2)17(14(18)9-16)13-8-15(5,6)7-11(3)12(13)4/h10-11H,7-9H2,1-6H3. The van der Waals surface area contributed by atoms with Crippen molar-refractivity contribution in [3.63, 3.8) is 0 Å². The summed E-state index contributed by atoms with van der Waals surface area (Å²) in [7, 11) is 0. The van der Waals surface area contributed by atoms with E-state index in [4.69, 9.17) is 11.6 Å². The van der Waals surface area contributed by atoms with Crippen LogP contribution in [-0.2, 0) is 4.79 Å². The van der Waals surface area contributed by atoms with E-state index in [1.165, 1.54) is 17.7 Å². The van der Waals surface area contributed by atoms with E-state index in [0.717, 1.165) is 6.42 Å². The second-order valence-electron chi connectivity index (χ2n) is 6.57. The summed E-state index contributed by atoms with van der Waals surface area (Å²) in [4.78, 5) is 14.0. The molecule has 1 amide bonds. The number of hydrogen-bond acceptors (Lipinski definition) is 1. The molecular weight excluding hydrogens is 246 g/mol. The van der Waals surface area contributed by atoms with Gasteiger partial charge in [0.05, 0.1) is 0 Å². The average Bonchev–Trinajstić information content (AvgIpc) is 2.23. The first-order chi connectivity index (χ1) is 8.19. The predicted octanol–water partition coefficient (Wildman–Crippen LogP) is 4.19. The van der Waals surface area contributed by atoms with Crippen molar-refractivity contribution in [3.8, 4) is 0 Å². The largest absolute Gasteiger partial charge is 0.313 e. The Hall–Kier alpha value is -0.500. The Labute approximate surface area is 116 Å². The van der Waals surface area contributed by atoms with Gasteiger partial charge in [-0.2, -0.15) is 0 Å². The van der Waals surface area contributed by atoms with Crippen LogP contribution in [0, 0.1) is 11.3 Å². The summed E-state index contributed by atoms with van der Waals surface area (Å²) >= 11 is 5.75. The lowest BCUT2D eigenvalue weighted by Crippen LogP contribution is -2.41. The molecule has 0 saturated carbocycles. The predicted molar refractivity (Wildman–Crippen MR) is 77.6 cm³/mol. The van der Waals surface area contributed by atoms with E-state index in [1.807, 2.05) is 4.90 Å². The maximum absolute atomic E-state index is 12.1. The van der Waals surface area contributed by atoms with Gasteiger partial charge in [-0.05, 0) is 44.9 Å². The Morgan fingerprint density at radius 3 is 2.50 bits per heavy atom. The number of allylic oxidation sites excluding steroid dienone is 2. The summed E-state index contributed by atoms with van der Waals surface area (Å²) in [6.45, 7) is 13.1. The first kappa shape index (κ1) is 15.6. The maximum Gasteiger partial charge on any atom is 0.241 e. The number of nitrogens with zero attached hydrogens (tertiary/aromatic N) is 1. The van der Waals surface area contributed by atoms with Crippen LogP contribution in [0.2, 0.25) is 0 Å². The molecule has 0 aliphatic heterocycles. The molecule has 1 aliphatic carbocycles. The summed E-state index contributed by atoms with van der Waals surface area (Å²) in [6.07, 6.45) is 2.15. The lowest BCUT2D eigenvalue weighted by atomic mass is 9.71. The average molecular weight is 272 g/mol. The Kier molecular flexibility index (Phi) is 4.88. The molecule has 3 heteroatoms. The second kappa shape index (κ2) is 5.64. The van der Waals surface area contributed by atoms with Crippen LogP contribution in [0.4, 0.5) is 0 Å². The van der Waals surface area contributed by atoms with Crippen LogP contribution in [-0.4, -0.2) is 22.7 Å². The van der Waals surface area contributed by atoms with Crippen molar-refractivity contribution in [3.05, 3.63) is 11.3 Å². The monoisotopic (exact) mass is 271 g/mol. The second-order valence-corrected chi connectivity index (χ2v) is 6.83. The van der Waals surface area contributed by atoms with E-state index in [2.05, 4.69) is 41.5 Å². The minimum Gasteiger partial charge on any atom is -0.313 e. The molecule has 0 radical (unpaired) electrons. The lowest BCUT2D eigenvalue weighted by molar-refractivity contribution is -0.128. The number of rotatable bonds is 3. The number of carbonyl (C=O) groups is 1. The summed E-state index contributed by atoms with van der Waals surface area (Å²) in [5.41, 5.74) is 2.80. The van der Waals surface area contributed by atoms with Crippen molar-refractivity contribution in [1.82, 2.24) is 4.90 Å². The zero-order valence-corrected chi connectivity index (χ0v) is 13.3. The van der Waals surface area contributed by atoms with E-state index < -0.39 is 0 Å². The summed E-state index contributed by atoms with van der Waals surface area (Å²) < 4.78 is 0. The van der Waals surface area contributed by atoms with Crippen molar-refractivity contribution in [2.75, 3.05) is 5.88 Å². The molecule has 2 nitrogen and oxygen atoms in total. The Morgan fingerprint density at radius 1 is 1.50 bits per heavy atom. The van der Waals surface area contributed by atoms with Crippen LogP contribution in [0.1, 0.15) is 54.4 Å². The highest BCUT2D eigenvalue weighted by Gasteiger charge is 2.34. The normalized spacial score (nSPS) is 23.4. The van der Waals surface area contributed by atoms with E-state index in [9.17, 15) is 4.79 Å². The van der Waals surface area contributed by atoms with Crippen LogP contribution in [0.3, 0.4) is 0 Å². The molecule has 1 aliphatic rings. The molecule has 1 unspecified atom stereocenters. The molecule has 1 atom stereocenters. The van der Waals surface area contributed by atoms with Gasteiger partial charge in [0.15, 0.2) is 0 Å². The first-order valence-corrected chi connectivity index (χ1v) is 7.30. The van der Waals surface area contributed by atoms with Gasteiger partial charge in [0, 0.05) is 11.7 Å². The Morgan fingerprint density at radius 2 is 2.06 bits per heavy atom. The third kappa shape index (κ3) is 3.28. The summed E-state index contributed by atoms with van der Waals surface area (Å²) in [5, 5.41) is 0. The third-order valence-electron chi connectivity index (χ3n) is 3.89. The quantitative estimate of drug-likeness (QED) is 0.705. The maximum atomic E-state index is 12.1. The Bertz CT molecular complexity index is 358. The van der Waals surface area contributed by atoms with Crippen molar-refractivity contribution in [1.29, 1.82) is 0 Å². The number of alkyl halides is 1. The van der Waals surface area contributed by atoms with Gasteiger partial charge < -0.3 is 4.90 Å². The molecule has 1 rings (SSSR count). The molecule has 0 spiro atoms. The van der Waals surface area contributed by atoms with Gasteiger partial charge in [0.2, 0.25) is 5.91 Å². The fourth-order valence-corrected chi connectivity index (χ4v) is 3.15. The van der Waals surface area contributed by atoms with Crippen molar-refractivity contribution in [2.24, 2.45) is 11.3 Å². The van der Waals surface area contributed by atoms with E-state index in [0.29, 0.717) is 5.92 Å². The van der Waals surface area contributed by atoms with Crippen molar-refractivity contribution < 1.29 is 4.79 Å². The lowest BCUT2D eigenvalue weighted by Gasteiger charge is -2.41. The molecule has 0 fully saturated rings. The van der Waals surface area contributed by atoms with Crippen molar-refractivity contribution >= 4 is 17.5 Å². The molecule has 0 aromatic heterocycles. The smallest absolute Gasteiger partial charge is 0.241 e. The molecular formula is C15H26ClNO. The van der Waals surface area contributed by atoms with Crippen LogP contribution in [0.15, 0.2) is 11.3 Å². The van der Waals surface area contributed by atoms with Gasteiger partial charge in [-0.3, -0.25) is 4.79 Å². The van der Waals surface area contributed by atoms with E-state index in [-0.39, 0.29) is 23.2 Å². The zero-order chi connectivity index (χ0) is 14.1. The van der Waals surface area contributed by atoms with Gasteiger partial charge in [-0.15, -0.1) is 11.6 Å². The van der Waals surface area contributed by atoms with Gasteiger partial charge in [0.25, 0.3) is 0 Å². The molecule has 0 aromatic rings. The number of amides is 1. The summed E-state index contributed by atoms with van der Waals surface area (Å²) in [6, 6.07) is 0.169. The highest BCUT2D eigenvalue weighted by molar-refractivity contribution is 6.27. The highest BCUT2D eigenvalue weighted by atomic mass is 35.5. The highest BCUT2D eigenvalue weighted by Crippen LogP contribution is 2.43. The molecule has 0 heterocycles. The summed E-state index contributed by atoms with van der Waals surface area (Å²) in [5.74, 6) is 0.614. The van der Waals surface area contributed by atoms with Crippen molar-refractivity contribution in [2.45, 2.75) is 60.4 Å². The third-order valence-corrected chi connectivity index (χ3v) is 4.12. The van der Waals surface area contributed by atoms with E-state index >= 15 is 0 Å². The Balaban J connectivity index is 3.17. The van der Waals surface area contributed by atoms with E-state index in [1.54, 1.807) is 0 Å². The van der Waals surface area contributed by atoms with Gasteiger partial charge in [-0.25, -0.2) is 0 Å². The van der Waals surface area contributed by atoms with Crippen LogP contribution in [0.25, 0.3) is 0 Å². The molecule has 0 saturated heterocycles. The molecule has 18 heavy (non-hydrogen) atoms. The molecule has 0 bridgehead atoms. The zero-order valence-electron chi connectivity index (χ0n) is 12.5. The molecule has 0 aromatic carbocycles. The SMILES string of the molecule is CC1=C(N(C(=O)CCl)C(C)C)CC(C)(C)CC1C. The molecule has 104 valence electrons.